The highest BCUT2D eigenvalue weighted by atomic mass is 16.3. The molecule has 0 aliphatic carbocycles. The summed E-state index contributed by atoms with van der Waals surface area (Å²) < 4.78 is 0. The quantitative estimate of drug-likeness (QED) is 0.754. The Hall–Kier alpha value is -1.55. The molecule has 0 saturated heterocycles. The third-order valence-electron chi connectivity index (χ3n) is 3.34. The monoisotopic (exact) mass is 262 g/mol. The fraction of sp³-hybridized carbons (Fsp3) is 0.533. The molecule has 1 aromatic rings. The van der Waals surface area contributed by atoms with Gasteiger partial charge < -0.3 is 15.7 Å². The highest BCUT2D eigenvalue weighted by molar-refractivity contribution is 5.87. The summed E-state index contributed by atoms with van der Waals surface area (Å²) in [5.74, 6) is 0.389. The van der Waals surface area contributed by atoms with E-state index in [1.807, 2.05) is 24.3 Å². The average molecular weight is 262 g/mol. The first-order valence-electron chi connectivity index (χ1n) is 6.86. The standard InChI is InChI=1S/C15H22N2O2/c1-10(2)7-12(18)9-16-15(19)14-8-11-5-3-4-6-13(11)17-14/h3-6,10,12,14,17-18H,7-9H2,1-2H3,(H,16,19)/t12?,14-/m0/s1. The number of carbonyl (C=O) groups is 1. The van der Waals surface area contributed by atoms with Crippen LogP contribution in [0.25, 0.3) is 0 Å². The topological polar surface area (TPSA) is 61.4 Å². The van der Waals surface area contributed by atoms with Crippen molar-refractivity contribution < 1.29 is 9.90 Å². The maximum absolute atomic E-state index is 12.0. The van der Waals surface area contributed by atoms with Crippen LogP contribution in [0.1, 0.15) is 25.8 Å². The second-order valence-corrected chi connectivity index (χ2v) is 5.59. The van der Waals surface area contributed by atoms with E-state index < -0.39 is 6.10 Å². The van der Waals surface area contributed by atoms with Crippen molar-refractivity contribution in [2.45, 2.75) is 38.8 Å². The van der Waals surface area contributed by atoms with Gasteiger partial charge in [-0.3, -0.25) is 4.79 Å². The molecule has 0 spiro atoms. The highest BCUT2D eigenvalue weighted by Crippen LogP contribution is 2.24. The number of hydrogen-bond donors (Lipinski definition) is 3. The van der Waals surface area contributed by atoms with Crippen molar-refractivity contribution in [1.29, 1.82) is 0 Å². The van der Waals surface area contributed by atoms with E-state index in [1.165, 1.54) is 5.56 Å². The molecule has 1 amide bonds. The Morgan fingerprint density at radius 3 is 2.89 bits per heavy atom. The van der Waals surface area contributed by atoms with Crippen LogP contribution in [0.4, 0.5) is 5.69 Å². The smallest absolute Gasteiger partial charge is 0.242 e. The number of benzene rings is 1. The lowest BCUT2D eigenvalue weighted by molar-refractivity contribution is -0.122. The van der Waals surface area contributed by atoms with Gasteiger partial charge in [-0.1, -0.05) is 32.0 Å². The molecule has 1 aliphatic rings. The van der Waals surface area contributed by atoms with Crippen LogP contribution in [0.15, 0.2) is 24.3 Å². The van der Waals surface area contributed by atoms with Crippen LogP contribution in [0.5, 0.6) is 0 Å². The zero-order valence-electron chi connectivity index (χ0n) is 11.5. The molecular formula is C15H22N2O2. The summed E-state index contributed by atoms with van der Waals surface area (Å²) in [7, 11) is 0. The van der Waals surface area contributed by atoms with Crippen molar-refractivity contribution in [1.82, 2.24) is 5.32 Å². The first-order valence-corrected chi connectivity index (χ1v) is 6.86. The molecule has 2 atom stereocenters. The number of para-hydroxylation sites is 1. The van der Waals surface area contributed by atoms with Gasteiger partial charge in [0.05, 0.1) is 6.10 Å². The number of hydrogen-bond acceptors (Lipinski definition) is 3. The zero-order chi connectivity index (χ0) is 13.8. The molecule has 4 heteroatoms. The maximum atomic E-state index is 12.0. The number of rotatable bonds is 5. The summed E-state index contributed by atoms with van der Waals surface area (Å²) in [6, 6.07) is 7.73. The molecule has 0 radical (unpaired) electrons. The van der Waals surface area contributed by atoms with E-state index in [2.05, 4.69) is 24.5 Å². The lowest BCUT2D eigenvalue weighted by Crippen LogP contribution is -2.42. The van der Waals surface area contributed by atoms with Crippen molar-refractivity contribution in [3.63, 3.8) is 0 Å². The van der Waals surface area contributed by atoms with E-state index >= 15 is 0 Å². The molecule has 4 nitrogen and oxygen atoms in total. The molecule has 0 saturated carbocycles. The van der Waals surface area contributed by atoms with Crippen LogP contribution in [-0.2, 0) is 11.2 Å². The van der Waals surface area contributed by atoms with Gasteiger partial charge in [-0.25, -0.2) is 0 Å². The number of carbonyl (C=O) groups excluding carboxylic acids is 1. The number of aliphatic hydroxyl groups is 1. The first-order chi connectivity index (χ1) is 9.06. The van der Waals surface area contributed by atoms with Gasteiger partial charge in [0.2, 0.25) is 5.91 Å². The van der Waals surface area contributed by atoms with Gasteiger partial charge in [0.25, 0.3) is 0 Å². The Labute approximate surface area is 114 Å². The van der Waals surface area contributed by atoms with Gasteiger partial charge in [0.1, 0.15) is 6.04 Å². The molecule has 3 N–H and O–H groups in total. The molecule has 0 fully saturated rings. The predicted molar refractivity (Wildman–Crippen MR) is 76.0 cm³/mol. The summed E-state index contributed by atoms with van der Waals surface area (Å²) in [5, 5.41) is 15.8. The second kappa shape index (κ2) is 6.06. The van der Waals surface area contributed by atoms with Crippen LogP contribution in [0.2, 0.25) is 0 Å². The highest BCUT2D eigenvalue weighted by Gasteiger charge is 2.26. The van der Waals surface area contributed by atoms with Crippen molar-refractivity contribution in [2.75, 3.05) is 11.9 Å². The van der Waals surface area contributed by atoms with Crippen LogP contribution >= 0.6 is 0 Å². The Morgan fingerprint density at radius 2 is 2.21 bits per heavy atom. The van der Waals surface area contributed by atoms with E-state index in [0.717, 1.165) is 5.69 Å². The zero-order valence-corrected chi connectivity index (χ0v) is 11.5. The molecule has 1 aliphatic heterocycles. The minimum atomic E-state index is -0.465. The number of aliphatic hydroxyl groups excluding tert-OH is 1. The van der Waals surface area contributed by atoms with Crippen LogP contribution < -0.4 is 10.6 Å². The van der Waals surface area contributed by atoms with Gasteiger partial charge >= 0.3 is 0 Å². The normalized spacial score (nSPS) is 18.8. The minimum Gasteiger partial charge on any atom is -0.391 e. The van der Waals surface area contributed by atoms with E-state index in [0.29, 0.717) is 25.3 Å². The summed E-state index contributed by atoms with van der Waals surface area (Å²) in [6.07, 6.45) is 0.952. The summed E-state index contributed by atoms with van der Waals surface area (Å²) in [5.41, 5.74) is 2.20. The van der Waals surface area contributed by atoms with Crippen LogP contribution in [0, 0.1) is 5.92 Å². The van der Waals surface area contributed by atoms with Crippen LogP contribution in [0.3, 0.4) is 0 Å². The van der Waals surface area contributed by atoms with E-state index in [4.69, 9.17) is 0 Å². The fourth-order valence-corrected chi connectivity index (χ4v) is 2.43. The van der Waals surface area contributed by atoms with Crippen molar-refractivity contribution in [3.8, 4) is 0 Å². The predicted octanol–water partition coefficient (Wildman–Crippen LogP) is 1.55. The molecule has 19 heavy (non-hydrogen) atoms. The summed E-state index contributed by atoms with van der Waals surface area (Å²) in [6.45, 7) is 4.44. The van der Waals surface area contributed by atoms with Gasteiger partial charge in [0.15, 0.2) is 0 Å². The number of anilines is 1. The maximum Gasteiger partial charge on any atom is 0.242 e. The van der Waals surface area contributed by atoms with E-state index in [9.17, 15) is 9.90 Å². The van der Waals surface area contributed by atoms with Gasteiger partial charge in [0, 0.05) is 18.7 Å². The Bertz CT molecular complexity index is 421. The van der Waals surface area contributed by atoms with Crippen molar-refractivity contribution in [2.24, 2.45) is 5.92 Å². The molecule has 0 aromatic heterocycles. The molecule has 0 bridgehead atoms. The number of fused-ring (bicyclic) bond motifs is 1. The molecular weight excluding hydrogens is 240 g/mol. The fourth-order valence-electron chi connectivity index (χ4n) is 2.43. The third-order valence-corrected chi connectivity index (χ3v) is 3.34. The first kappa shape index (κ1) is 13.9. The number of nitrogens with one attached hydrogen (secondary N) is 2. The van der Waals surface area contributed by atoms with Crippen molar-refractivity contribution >= 4 is 11.6 Å². The molecule has 104 valence electrons. The summed E-state index contributed by atoms with van der Waals surface area (Å²) >= 11 is 0. The van der Waals surface area contributed by atoms with Crippen molar-refractivity contribution in [3.05, 3.63) is 29.8 Å². The molecule has 2 rings (SSSR count). The average Bonchev–Trinajstić information content (AvgIpc) is 2.78. The Kier molecular flexibility index (Phi) is 4.43. The number of amides is 1. The minimum absolute atomic E-state index is 0.0426. The van der Waals surface area contributed by atoms with Gasteiger partial charge in [-0.15, -0.1) is 0 Å². The van der Waals surface area contributed by atoms with Crippen LogP contribution in [-0.4, -0.2) is 29.7 Å². The summed E-state index contributed by atoms with van der Waals surface area (Å²) in [4.78, 5) is 12.0. The Morgan fingerprint density at radius 1 is 1.47 bits per heavy atom. The van der Waals surface area contributed by atoms with E-state index in [1.54, 1.807) is 0 Å². The molecule has 1 heterocycles. The molecule has 1 unspecified atom stereocenters. The van der Waals surface area contributed by atoms with Gasteiger partial charge in [-0.05, 0) is 24.0 Å². The van der Waals surface area contributed by atoms with E-state index in [-0.39, 0.29) is 11.9 Å². The van der Waals surface area contributed by atoms with Gasteiger partial charge in [-0.2, -0.15) is 0 Å². The lowest BCUT2D eigenvalue weighted by atomic mass is 10.1. The SMILES string of the molecule is CC(C)CC(O)CNC(=O)[C@@H]1Cc2ccccc2N1. The Balaban J connectivity index is 1.80. The largest absolute Gasteiger partial charge is 0.391 e. The lowest BCUT2D eigenvalue weighted by Gasteiger charge is -2.16. The second-order valence-electron chi connectivity index (χ2n) is 5.59. The third kappa shape index (κ3) is 3.70. The molecule has 1 aromatic carbocycles.